The van der Waals surface area contributed by atoms with Crippen LogP contribution in [-0.4, -0.2) is 45.5 Å². The number of aryl methyl sites for hydroxylation is 1. The molecule has 1 saturated heterocycles. The highest BCUT2D eigenvalue weighted by Crippen LogP contribution is 2.22. The zero-order chi connectivity index (χ0) is 16.2. The molecule has 1 aromatic heterocycles. The van der Waals surface area contributed by atoms with Crippen LogP contribution in [0.2, 0.25) is 0 Å². The number of rotatable bonds is 5. The molecule has 124 valence electrons. The third-order valence-corrected chi connectivity index (χ3v) is 3.89. The first kappa shape index (κ1) is 16.8. The molecular weight excluding hydrogens is 280 g/mol. The molecule has 2 rings (SSSR count). The molecule has 6 nitrogen and oxygen atoms in total. The van der Waals surface area contributed by atoms with Gasteiger partial charge in [-0.05, 0) is 52.6 Å². The summed E-state index contributed by atoms with van der Waals surface area (Å²) < 4.78 is 7.36. The fourth-order valence-corrected chi connectivity index (χ4v) is 2.76. The van der Waals surface area contributed by atoms with E-state index in [1.807, 2.05) is 43.5 Å². The van der Waals surface area contributed by atoms with Crippen molar-refractivity contribution in [1.29, 1.82) is 0 Å². The Morgan fingerprint density at radius 3 is 2.91 bits per heavy atom. The quantitative estimate of drug-likeness (QED) is 0.848. The third-order valence-electron chi connectivity index (χ3n) is 3.89. The predicted octanol–water partition coefficient (Wildman–Crippen LogP) is 2.30. The Morgan fingerprint density at radius 2 is 2.27 bits per heavy atom. The second-order valence-electron chi connectivity index (χ2n) is 6.88. The lowest BCUT2D eigenvalue weighted by Crippen LogP contribution is -2.40. The average Bonchev–Trinajstić information content (AvgIpc) is 3.02. The number of aromatic nitrogens is 2. The molecule has 22 heavy (non-hydrogen) atoms. The van der Waals surface area contributed by atoms with Crippen LogP contribution in [0.5, 0.6) is 0 Å². The Morgan fingerprint density at radius 1 is 1.50 bits per heavy atom. The molecule has 1 unspecified atom stereocenters. The molecule has 0 aromatic carbocycles. The number of amides is 1. The summed E-state index contributed by atoms with van der Waals surface area (Å²) in [5.41, 5.74) is 0.734. The van der Waals surface area contributed by atoms with Crippen LogP contribution in [-0.2, 0) is 18.3 Å². The van der Waals surface area contributed by atoms with Crippen LogP contribution < -0.4 is 5.32 Å². The third kappa shape index (κ3) is 4.73. The van der Waals surface area contributed by atoms with E-state index in [0.717, 1.165) is 44.6 Å². The molecule has 0 spiro atoms. The first-order valence-electron chi connectivity index (χ1n) is 8.04. The standard InChI is InChI=1S/C16H28N4O2/c1-16(2,3)22-15(21)20-11-5-6-13(20)7-9-17-12-14-8-10-18-19(14)4/h8,10,13,17H,5-7,9,11-12H2,1-4H3. The zero-order valence-corrected chi connectivity index (χ0v) is 14.1. The summed E-state index contributed by atoms with van der Waals surface area (Å²) in [6.07, 6.45) is 4.70. The monoisotopic (exact) mass is 308 g/mol. The minimum Gasteiger partial charge on any atom is -0.444 e. The number of carbonyl (C=O) groups excluding carboxylic acids is 1. The van der Waals surface area contributed by atoms with Gasteiger partial charge in [-0.1, -0.05) is 0 Å². The molecule has 0 aliphatic carbocycles. The van der Waals surface area contributed by atoms with Gasteiger partial charge in [0.15, 0.2) is 0 Å². The van der Waals surface area contributed by atoms with Gasteiger partial charge in [0, 0.05) is 32.4 Å². The number of hydrogen-bond acceptors (Lipinski definition) is 4. The molecule has 0 bridgehead atoms. The Hall–Kier alpha value is -1.56. The molecule has 1 aliphatic rings. The normalized spacial score (nSPS) is 18.7. The van der Waals surface area contributed by atoms with E-state index in [1.54, 1.807) is 6.20 Å². The fraction of sp³-hybridized carbons (Fsp3) is 0.750. The molecule has 0 saturated carbocycles. The summed E-state index contributed by atoms with van der Waals surface area (Å²) in [4.78, 5) is 14.1. The fourth-order valence-electron chi connectivity index (χ4n) is 2.76. The van der Waals surface area contributed by atoms with Gasteiger partial charge >= 0.3 is 6.09 Å². The van der Waals surface area contributed by atoms with E-state index in [9.17, 15) is 4.79 Å². The van der Waals surface area contributed by atoms with Crippen molar-refractivity contribution in [3.05, 3.63) is 18.0 Å². The lowest BCUT2D eigenvalue weighted by Gasteiger charge is -2.28. The van der Waals surface area contributed by atoms with Crippen molar-refractivity contribution in [2.24, 2.45) is 7.05 Å². The Balaban J connectivity index is 1.74. The number of ether oxygens (including phenoxy) is 1. The smallest absolute Gasteiger partial charge is 0.410 e. The minimum atomic E-state index is -0.429. The van der Waals surface area contributed by atoms with Crippen LogP contribution in [0.1, 0.15) is 45.7 Å². The predicted molar refractivity (Wildman–Crippen MR) is 85.5 cm³/mol. The van der Waals surface area contributed by atoms with Crippen LogP contribution >= 0.6 is 0 Å². The molecular formula is C16H28N4O2. The van der Waals surface area contributed by atoms with Gasteiger partial charge in [-0.3, -0.25) is 4.68 Å². The van der Waals surface area contributed by atoms with Crippen molar-refractivity contribution in [2.75, 3.05) is 13.1 Å². The molecule has 1 fully saturated rings. The van der Waals surface area contributed by atoms with Crippen molar-refractivity contribution < 1.29 is 9.53 Å². The summed E-state index contributed by atoms with van der Waals surface area (Å²) in [6.45, 7) is 8.22. The summed E-state index contributed by atoms with van der Waals surface area (Å²) >= 11 is 0. The zero-order valence-electron chi connectivity index (χ0n) is 14.1. The molecule has 6 heteroatoms. The van der Waals surface area contributed by atoms with Gasteiger partial charge in [0.05, 0.1) is 5.69 Å². The summed E-state index contributed by atoms with van der Waals surface area (Å²) in [6, 6.07) is 2.30. The van der Waals surface area contributed by atoms with Gasteiger partial charge in [-0.25, -0.2) is 4.79 Å². The Labute approximate surface area is 132 Å². The Bertz CT molecular complexity index is 493. The first-order valence-corrected chi connectivity index (χ1v) is 8.04. The molecule has 0 radical (unpaired) electrons. The average molecular weight is 308 g/mol. The van der Waals surface area contributed by atoms with Gasteiger partial charge in [-0.15, -0.1) is 0 Å². The van der Waals surface area contributed by atoms with E-state index in [-0.39, 0.29) is 12.1 Å². The van der Waals surface area contributed by atoms with Crippen LogP contribution in [0, 0.1) is 0 Å². The summed E-state index contributed by atoms with van der Waals surface area (Å²) in [5.74, 6) is 0. The SMILES string of the molecule is Cn1nccc1CNCCC1CCCN1C(=O)OC(C)(C)C. The minimum absolute atomic E-state index is 0.179. The highest BCUT2D eigenvalue weighted by atomic mass is 16.6. The molecule has 1 amide bonds. The van der Waals surface area contributed by atoms with Crippen molar-refractivity contribution >= 4 is 6.09 Å². The van der Waals surface area contributed by atoms with Gasteiger partial charge in [-0.2, -0.15) is 5.10 Å². The van der Waals surface area contributed by atoms with Gasteiger partial charge in [0.25, 0.3) is 0 Å². The Kier molecular flexibility index (Phi) is 5.45. The van der Waals surface area contributed by atoms with Crippen molar-refractivity contribution in [3.63, 3.8) is 0 Å². The van der Waals surface area contributed by atoms with E-state index in [2.05, 4.69) is 10.4 Å². The lowest BCUT2D eigenvalue weighted by molar-refractivity contribution is 0.0220. The molecule has 1 N–H and O–H groups in total. The maximum atomic E-state index is 12.2. The van der Waals surface area contributed by atoms with Crippen LogP contribution in [0.15, 0.2) is 12.3 Å². The first-order chi connectivity index (χ1) is 10.4. The largest absolute Gasteiger partial charge is 0.444 e. The number of likely N-dealkylation sites (tertiary alicyclic amines) is 1. The molecule has 2 heterocycles. The number of hydrogen-bond donors (Lipinski definition) is 1. The number of nitrogens with zero attached hydrogens (tertiary/aromatic N) is 3. The van der Waals surface area contributed by atoms with E-state index >= 15 is 0 Å². The van der Waals surface area contributed by atoms with Crippen LogP contribution in [0.4, 0.5) is 4.79 Å². The van der Waals surface area contributed by atoms with Crippen LogP contribution in [0.25, 0.3) is 0 Å². The van der Waals surface area contributed by atoms with E-state index < -0.39 is 5.60 Å². The second kappa shape index (κ2) is 7.13. The van der Waals surface area contributed by atoms with Crippen molar-refractivity contribution in [3.8, 4) is 0 Å². The van der Waals surface area contributed by atoms with Gasteiger partial charge in [0.1, 0.15) is 5.60 Å². The van der Waals surface area contributed by atoms with Gasteiger partial charge in [0.2, 0.25) is 0 Å². The molecule has 1 atom stereocenters. The second-order valence-corrected chi connectivity index (χ2v) is 6.88. The van der Waals surface area contributed by atoms with Crippen LogP contribution in [0.3, 0.4) is 0 Å². The number of carbonyl (C=O) groups is 1. The van der Waals surface area contributed by atoms with Crippen molar-refractivity contribution in [1.82, 2.24) is 20.0 Å². The lowest BCUT2D eigenvalue weighted by atomic mass is 10.1. The van der Waals surface area contributed by atoms with Gasteiger partial charge < -0.3 is 15.0 Å². The van der Waals surface area contributed by atoms with Crippen molar-refractivity contribution in [2.45, 2.75) is 58.2 Å². The van der Waals surface area contributed by atoms with E-state index in [4.69, 9.17) is 4.74 Å². The topological polar surface area (TPSA) is 59.4 Å². The van der Waals surface area contributed by atoms with E-state index in [1.165, 1.54) is 0 Å². The maximum absolute atomic E-state index is 12.2. The highest BCUT2D eigenvalue weighted by molar-refractivity contribution is 5.68. The highest BCUT2D eigenvalue weighted by Gasteiger charge is 2.31. The number of nitrogens with one attached hydrogen (secondary N) is 1. The molecule has 1 aromatic rings. The molecule has 1 aliphatic heterocycles. The summed E-state index contributed by atoms with van der Waals surface area (Å²) in [5, 5.41) is 7.57. The maximum Gasteiger partial charge on any atom is 0.410 e. The van der Waals surface area contributed by atoms with E-state index in [0.29, 0.717) is 0 Å². The summed E-state index contributed by atoms with van der Waals surface area (Å²) in [7, 11) is 1.94.